The van der Waals surface area contributed by atoms with Gasteiger partial charge in [0, 0.05) is 12.1 Å². The highest BCUT2D eigenvalue weighted by Gasteiger charge is 2.13. The van der Waals surface area contributed by atoms with Gasteiger partial charge in [-0.2, -0.15) is 0 Å². The minimum Gasteiger partial charge on any atom is -0.494 e. The average Bonchev–Trinajstić information content (AvgIpc) is 3.28. The minimum atomic E-state index is -0.455. The van der Waals surface area contributed by atoms with Crippen molar-refractivity contribution in [3.8, 4) is 5.75 Å². The van der Waals surface area contributed by atoms with Crippen LogP contribution in [-0.2, 0) is 4.79 Å². The first kappa shape index (κ1) is 19.6. The van der Waals surface area contributed by atoms with Crippen molar-refractivity contribution in [1.82, 2.24) is 9.97 Å². The van der Waals surface area contributed by atoms with Crippen LogP contribution in [-0.4, -0.2) is 33.2 Å². The van der Waals surface area contributed by atoms with Crippen molar-refractivity contribution in [2.75, 3.05) is 17.7 Å². The number of anilines is 1. The minimum absolute atomic E-state index is 0.00193. The van der Waals surface area contributed by atoms with Gasteiger partial charge in [0.25, 0.3) is 5.69 Å². The Morgan fingerprint density at radius 3 is 2.72 bits per heavy atom. The third-order valence-corrected chi connectivity index (χ3v) is 6.90. The van der Waals surface area contributed by atoms with Gasteiger partial charge < -0.3 is 10.1 Å². The second-order valence-corrected chi connectivity index (χ2v) is 9.09. The number of rotatable bonds is 7. The van der Waals surface area contributed by atoms with Crippen molar-refractivity contribution < 1.29 is 14.5 Å². The lowest BCUT2D eigenvalue weighted by Crippen LogP contribution is -2.13. The van der Waals surface area contributed by atoms with Crippen LogP contribution >= 0.6 is 34.4 Å². The molecule has 0 aliphatic rings. The van der Waals surface area contributed by atoms with Crippen molar-refractivity contribution in [2.24, 2.45) is 0 Å². The summed E-state index contributed by atoms with van der Waals surface area (Å²) in [5.74, 6) is 0.778. The number of amides is 1. The van der Waals surface area contributed by atoms with Crippen LogP contribution in [0.4, 0.5) is 10.8 Å². The van der Waals surface area contributed by atoms with E-state index in [0.29, 0.717) is 22.0 Å². The summed E-state index contributed by atoms with van der Waals surface area (Å²) in [4.78, 5) is 31.5. The molecule has 0 aliphatic carbocycles. The van der Waals surface area contributed by atoms with Gasteiger partial charge in [0.05, 0.1) is 37.7 Å². The maximum atomic E-state index is 12.3. The summed E-state index contributed by atoms with van der Waals surface area (Å²) in [6, 6.07) is 10.2. The third-order valence-electron chi connectivity index (χ3n) is 3.81. The molecule has 0 saturated heterocycles. The van der Waals surface area contributed by atoms with Crippen molar-refractivity contribution in [3.63, 3.8) is 0 Å². The van der Waals surface area contributed by atoms with E-state index < -0.39 is 4.92 Å². The van der Waals surface area contributed by atoms with Gasteiger partial charge in [0.2, 0.25) is 5.91 Å². The molecule has 2 aromatic heterocycles. The van der Waals surface area contributed by atoms with Gasteiger partial charge >= 0.3 is 0 Å². The molecule has 0 fully saturated rings. The number of benzene rings is 2. The van der Waals surface area contributed by atoms with Gasteiger partial charge in [-0.25, -0.2) is 9.97 Å². The van der Waals surface area contributed by atoms with Gasteiger partial charge in [0.1, 0.15) is 5.75 Å². The van der Waals surface area contributed by atoms with Crippen LogP contribution in [0.25, 0.3) is 20.4 Å². The molecule has 8 nitrogen and oxygen atoms in total. The van der Waals surface area contributed by atoms with Crippen molar-refractivity contribution >= 4 is 71.6 Å². The molecular weight excluding hydrogens is 432 g/mol. The van der Waals surface area contributed by atoms with E-state index in [4.69, 9.17) is 4.74 Å². The lowest BCUT2D eigenvalue weighted by atomic mass is 10.3. The summed E-state index contributed by atoms with van der Waals surface area (Å²) >= 11 is 4.06. The number of thiazole rings is 2. The van der Waals surface area contributed by atoms with Crippen LogP contribution < -0.4 is 10.1 Å². The predicted molar refractivity (Wildman–Crippen MR) is 116 cm³/mol. The van der Waals surface area contributed by atoms with E-state index in [-0.39, 0.29) is 17.3 Å². The standard InChI is InChI=1S/C18H14N4O4S3/c1-2-26-11-4-6-13-15(8-11)29-18(20-13)27-9-16(23)21-17-19-12-5-3-10(22(24)25)7-14(12)28-17/h3-8H,2,9H2,1H3,(H,19,21,23). The number of non-ortho nitro benzene ring substituents is 1. The Labute approximate surface area is 177 Å². The third kappa shape index (κ3) is 4.47. The highest BCUT2D eigenvalue weighted by Crippen LogP contribution is 2.32. The second kappa shape index (κ2) is 8.31. The Bertz CT molecular complexity index is 1220. The highest BCUT2D eigenvalue weighted by atomic mass is 32.2. The van der Waals surface area contributed by atoms with E-state index in [0.717, 1.165) is 20.3 Å². The molecule has 4 aromatic rings. The van der Waals surface area contributed by atoms with Crippen molar-refractivity contribution in [1.29, 1.82) is 0 Å². The number of carbonyl (C=O) groups excluding carboxylic acids is 1. The van der Waals surface area contributed by atoms with E-state index >= 15 is 0 Å². The van der Waals surface area contributed by atoms with E-state index in [2.05, 4.69) is 15.3 Å². The number of carbonyl (C=O) groups is 1. The fourth-order valence-electron chi connectivity index (χ4n) is 2.56. The topological polar surface area (TPSA) is 107 Å². The van der Waals surface area contributed by atoms with Crippen molar-refractivity contribution in [3.05, 3.63) is 46.5 Å². The fourth-order valence-corrected chi connectivity index (χ4v) is 5.38. The molecule has 1 amide bonds. The number of thioether (sulfide) groups is 1. The summed E-state index contributed by atoms with van der Waals surface area (Å²) in [6.45, 7) is 2.54. The number of aromatic nitrogens is 2. The average molecular weight is 447 g/mol. The smallest absolute Gasteiger partial charge is 0.270 e. The SMILES string of the molecule is CCOc1ccc2nc(SCC(=O)Nc3nc4ccc([N+](=O)[O-])cc4s3)sc2c1. The van der Waals surface area contributed by atoms with Crippen LogP contribution in [0, 0.1) is 10.1 Å². The first-order valence-electron chi connectivity index (χ1n) is 8.53. The number of nitro groups is 1. The molecule has 1 N–H and O–H groups in total. The monoisotopic (exact) mass is 446 g/mol. The number of nitrogens with one attached hydrogen (secondary N) is 1. The number of hydrogen-bond donors (Lipinski definition) is 1. The highest BCUT2D eigenvalue weighted by molar-refractivity contribution is 8.01. The van der Waals surface area contributed by atoms with E-state index in [1.165, 1.54) is 46.6 Å². The molecule has 29 heavy (non-hydrogen) atoms. The number of ether oxygens (including phenoxy) is 1. The number of hydrogen-bond acceptors (Lipinski definition) is 9. The van der Waals surface area contributed by atoms with Crippen LogP contribution in [0.15, 0.2) is 40.7 Å². The Balaban J connectivity index is 1.40. The van der Waals surface area contributed by atoms with Gasteiger partial charge in [0.15, 0.2) is 9.47 Å². The first-order valence-corrected chi connectivity index (χ1v) is 11.1. The fraction of sp³-hybridized carbons (Fsp3) is 0.167. The molecule has 148 valence electrons. The van der Waals surface area contributed by atoms with Crippen LogP contribution in [0.5, 0.6) is 5.75 Å². The predicted octanol–water partition coefficient (Wildman–Crippen LogP) is 4.94. The van der Waals surface area contributed by atoms with Crippen molar-refractivity contribution in [2.45, 2.75) is 11.3 Å². The number of nitrogens with zero attached hydrogens (tertiary/aromatic N) is 3. The largest absolute Gasteiger partial charge is 0.494 e. The summed E-state index contributed by atoms with van der Waals surface area (Å²) in [7, 11) is 0. The normalized spacial score (nSPS) is 11.1. The molecule has 0 bridgehead atoms. The Hall–Kier alpha value is -2.76. The maximum absolute atomic E-state index is 12.3. The molecule has 0 radical (unpaired) electrons. The molecule has 0 atom stereocenters. The zero-order valence-corrected chi connectivity index (χ0v) is 17.5. The molecule has 2 aromatic carbocycles. The van der Waals surface area contributed by atoms with Gasteiger partial charge in [-0.1, -0.05) is 23.1 Å². The molecule has 11 heteroatoms. The molecular formula is C18H14N4O4S3. The molecule has 4 rings (SSSR count). The molecule has 2 heterocycles. The Morgan fingerprint density at radius 1 is 1.17 bits per heavy atom. The molecule has 0 saturated carbocycles. The molecule has 0 spiro atoms. The Morgan fingerprint density at radius 2 is 1.93 bits per heavy atom. The van der Waals surface area contributed by atoms with Gasteiger partial charge in [-0.15, -0.1) is 11.3 Å². The van der Waals surface area contributed by atoms with Gasteiger partial charge in [-0.3, -0.25) is 14.9 Å². The second-order valence-electron chi connectivity index (χ2n) is 5.81. The summed E-state index contributed by atoms with van der Waals surface area (Å²) in [5.41, 5.74) is 1.48. The van der Waals surface area contributed by atoms with Crippen LogP contribution in [0.3, 0.4) is 0 Å². The molecule has 0 aliphatic heterocycles. The van der Waals surface area contributed by atoms with Crippen LogP contribution in [0.1, 0.15) is 6.92 Å². The Kier molecular flexibility index (Phi) is 5.60. The zero-order chi connectivity index (χ0) is 20.4. The van der Waals surface area contributed by atoms with Crippen LogP contribution in [0.2, 0.25) is 0 Å². The lowest BCUT2D eigenvalue weighted by Gasteiger charge is -2.00. The van der Waals surface area contributed by atoms with E-state index in [1.54, 1.807) is 6.07 Å². The maximum Gasteiger partial charge on any atom is 0.270 e. The number of nitro benzene ring substituents is 1. The van der Waals surface area contributed by atoms with Gasteiger partial charge in [-0.05, 0) is 31.2 Å². The summed E-state index contributed by atoms with van der Waals surface area (Å²) in [6.07, 6.45) is 0. The first-order chi connectivity index (χ1) is 14.0. The lowest BCUT2D eigenvalue weighted by molar-refractivity contribution is -0.384. The van der Waals surface area contributed by atoms with E-state index in [9.17, 15) is 14.9 Å². The van der Waals surface area contributed by atoms with E-state index in [1.807, 2.05) is 25.1 Å². The summed E-state index contributed by atoms with van der Waals surface area (Å²) in [5, 5.41) is 14.0. The molecule has 0 unspecified atom stereocenters. The zero-order valence-electron chi connectivity index (χ0n) is 15.1. The quantitative estimate of drug-likeness (QED) is 0.243. The summed E-state index contributed by atoms with van der Waals surface area (Å²) < 4.78 is 7.95. The number of fused-ring (bicyclic) bond motifs is 2.